The van der Waals surface area contributed by atoms with Gasteiger partial charge in [-0.3, -0.25) is 4.79 Å². The fourth-order valence-electron chi connectivity index (χ4n) is 14.4. The van der Waals surface area contributed by atoms with Gasteiger partial charge < -0.3 is 87.5 Å². The Morgan fingerprint density at radius 3 is 1.84 bits per heavy atom. The minimum Gasteiger partial charge on any atom is -0.458 e. The van der Waals surface area contributed by atoms with Crippen LogP contribution >= 0.6 is 0 Å². The number of methoxy groups -OCH3 is 3. The number of hydrogen-bond donors (Lipinski definition) is 6. The summed E-state index contributed by atoms with van der Waals surface area (Å²) in [5.41, 5.74) is -4.38. The molecule has 0 unspecified atom stereocenters. The van der Waals surface area contributed by atoms with Gasteiger partial charge in [-0.05, 0) is 86.0 Å². The SMILES string of the molecule is C/C=C(\C)C(=O)O[C@@H]1C[C@@H]2[C@@]3(C)CC[C@H](O[C@H]4C[C@H](O)[C@H](O[C@H]5C[C@H](OC)[C@H](O[C@H]6C[C@@H](OC)[C@H](O[C@@H]7O[C@H](C)[C@@H](O)[C@H](OC)[C@H]7O)[C@@H](C)O6)[C@@H](C)O5)[C@@H](C)O4)CC3=CC[C@@]2(O)[C@@]2(O)C[C@@H](O)[C@H](C(C)=O)[C@@]12C. The molecule has 73 heavy (non-hydrogen) atoms. The average molecular weight is 1040 g/mol. The van der Waals surface area contributed by atoms with Crippen LogP contribution in [0.1, 0.15) is 120 Å². The molecule has 4 aliphatic heterocycles. The second kappa shape index (κ2) is 22.0. The normalized spacial score (nSPS) is 51.3. The highest BCUT2D eigenvalue weighted by atomic mass is 16.8. The molecule has 4 heterocycles. The molecule has 0 aromatic carbocycles. The smallest absolute Gasteiger partial charge is 0.333 e. The van der Waals surface area contributed by atoms with Crippen LogP contribution in [0.15, 0.2) is 23.3 Å². The average Bonchev–Trinajstić information content (AvgIpc) is 3.56. The maximum absolute atomic E-state index is 13.4. The van der Waals surface area contributed by atoms with Crippen molar-refractivity contribution < 1.29 is 97.1 Å². The number of esters is 1. The summed E-state index contributed by atoms with van der Waals surface area (Å²) in [5.74, 6) is -2.55. The molecule has 7 fully saturated rings. The molecule has 4 saturated heterocycles. The van der Waals surface area contributed by atoms with Crippen LogP contribution in [0.3, 0.4) is 0 Å². The topological polar surface area (TPSA) is 266 Å². The minimum atomic E-state index is -1.95. The van der Waals surface area contributed by atoms with E-state index in [1.54, 1.807) is 48.0 Å². The lowest BCUT2D eigenvalue weighted by Crippen LogP contribution is -2.75. The van der Waals surface area contributed by atoms with Gasteiger partial charge in [-0.1, -0.05) is 31.6 Å². The fraction of sp³-hybridized carbons (Fsp3) is 0.887. The monoisotopic (exact) mass is 1040 g/mol. The molecule has 0 spiro atoms. The molecular formula is C53H84O20. The van der Waals surface area contributed by atoms with E-state index in [0.29, 0.717) is 24.8 Å². The molecule has 0 aromatic rings. The first-order valence-corrected chi connectivity index (χ1v) is 26.4. The Morgan fingerprint density at radius 2 is 1.27 bits per heavy atom. The van der Waals surface area contributed by atoms with Crippen LogP contribution < -0.4 is 0 Å². The number of carbonyl (C=O) groups is 2. The summed E-state index contributed by atoms with van der Waals surface area (Å²) in [6.07, 6.45) is -9.28. The van der Waals surface area contributed by atoms with Crippen molar-refractivity contribution in [3.8, 4) is 0 Å². The van der Waals surface area contributed by atoms with Crippen LogP contribution in [0.2, 0.25) is 0 Å². The number of carbonyl (C=O) groups excluding carboxylic acids is 2. The molecule has 0 radical (unpaired) electrons. The number of aliphatic hydroxyl groups is 6. The number of Topliss-reactive ketones (excluding diaryl/α,β-unsaturated/α-hetero) is 1. The molecule has 8 rings (SSSR count). The number of ketones is 1. The van der Waals surface area contributed by atoms with E-state index in [1.807, 2.05) is 26.8 Å². The number of ether oxygens (including phenoxy) is 12. The van der Waals surface area contributed by atoms with Crippen LogP contribution in [0.4, 0.5) is 0 Å². The molecule has 0 aromatic heterocycles. The van der Waals surface area contributed by atoms with Crippen LogP contribution in [0.5, 0.6) is 0 Å². The first-order chi connectivity index (χ1) is 34.4. The van der Waals surface area contributed by atoms with Crippen molar-refractivity contribution in [2.24, 2.45) is 22.7 Å². The summed E-state index contributed by atoms with van der Waals surface area (Å²) >= 11 is 0. The summed E-state index contributed by atoms with van der Waals surface area (Å²) in [4.78, 5) is 26.5. The van der Waals surface area contributed by atoms with E-state index in [2.05, 4.69) is 6.92 Å². The van der Waals surface area contributed by atoms with E-state index >= 15 is 0 Å². The molecule has 20 heteroatoms. The second-order valence-electron chi connectivity index (χ2n) is 22.8. The third-order valence-corrected chi connectivity index (χ3v) is 18.7. The van der Waals surface area contributed by atoms with Crippen molar-refractivity contribution in [2.45, 2.75) is 254 Å². The van der Waals surface area contributed by atoms with Gasteiger partial charge in [-0.2, -0.15) is 0 Å². The molecule has 6 N–H and O–H groups in total. The Kier molecular flexibility index (Phi) is 17.2. The molecule has 0 bridgehead atoms. The summed E-state index contributed by atoms with van der Waals surface area (Å²) < 4.78 is 74.0. The van der Waals surface area contributed by atoms with Gasteiger partial charge in [0.1, 0.15) is 59.7 Å². The van der Waals surface area contributed by atoms with Gasteiger partial charge >= 0.3 is 5.97 Å². The maximum Gasteiger partial charge on any atom is 0.333 e. The Morgan fingerprint density at radius 1 is 0.699 bits per heavy atom. The van der Waals surface area contributed by atoms with Gasteiger partial charge in [0.15, 0.2) is 25.2 Å². The highest BCUT2D eigenvalue weighted by Crippen LogP contribution is 2.70. The Balaban J connectivity index is 0.861. The third-order valence-electron chi connectivity index (χ3n) is 18.7. The van der Waals surface area contributed by atoms with E-state index in [1.165, 1.54) is 14.0 Å². The molecule has 4 aliphatic carbocycles. The molecule has 26 atom stereocenters. The zero-order valence-corrected chi connectivity index (χ0v) is 44.6. The van der Waals surface area contributed by atoms with Gasteiger partial charge in [0, 0.05) is 63.9 Å². The molecule has 3 saturated carbocycles. The van der Waals surface area contributed by atoms with Crippen LogP contribution in [-0.2, 0) is 66.4 Å². The molecular weight excluding hydrogens is 957 g/mol. The fourth-order valence-corrected chi connectivity index (χ4v) is 14.4. The lowest BCUT2D eigenvalue weighted by Gasteiger charge is -2.66. The summed E-state index contributed by atoms with van der Waals surface area (Å²) in [5, 5.41) is 70.0. The first-order valence-electron chi connectivity index (χ1n) is 26.4. The Labute approximate surface area is 429 Å². The van der Waals surface area contributed by atoms with Crippen molar-refractivity contribution in [1.29, 1.82) is 0 Å². The van der Waals surface area contributed by atoms with Gasteiger partial charge in [-0.15, -0.1) is 0 Å². The highest BCUT2D eigenvalue weighted by Gasteiger charge is 2.79. The summed E-state index contributed by atoms with van der Waals surface area (Å²) in [7, 11) is 4.55. The van der Waals surface area contributed by atoms with Crippen molar-refractivity contribution in [1.82, 2.24) is 0 Å². The number of aliphatic hydroxyl groups excluding tert-OH is 4. The number of hydrogen-bond acceptors (Lipinski definition) is 20. The number of allylic oxidation sites excluding steroid dienone is 1. The van der Waals surface area contributed by atoms with Crippen LogP contribution in [-0.4, -0.2) is 198 Å². The van der Waals surface area contributed by atoms with E-state index in [0.717, 1.165) is 5.57 Å². The molecule has 0 amide bonds. The van der Waals surface area contributed by atoms with E-state index in [4.69, 9.17) is 56.8 Å². The maximum atomic E-state index is 13.4. The molecule has 416 valence electrons. The zero-order chi connectivity index (χ0) is 53.3. The zero-order valence-electron chi connectivity index (χ0n) is 44.6. The molecule has 8 aliphatic rings. The van der Waals surface area contributed by atoms with Crippen molar-refractivity contribution >= 4 is 11.8 Å². The second-order valence-corrected chi connectivity index (χ2v) is 22.8. The number of rotatable bonds is 14. The molecule has 20 nitrogen and oxygen atoms in total. The van der Waals surface area contributed by atoms with Crippen molar-refractivity contribution in [3.63, 3.8) is 0 Å². The van der Waals surface area contributed by atoms with E-state index < -0.39 is 157 Å². The predicted octanol–water partition coefficient (Wildman–Crippen LogP) is 2.66. The summed E-state index contributed by atoms with van der Waals surface area (Å²) in [6.45, 7) is 15.6. The minimum absolute atomic E-state index is 0.0741. The van der Waals surface area contributed by atoms with Gasteiger partial charge in [0.05, 0.1) is 60.9 Å². The largest absolute Gasteiger partial charge is 0.458 e. The van der Waals surface area contributed by atoms with Gasteiger partial charge in [0.25, 0.3) is 0 Å². The van der Waals surface area contributed by atoms with Crippen molar-refractivity contribution in [3.05, 3.63) is 23.3 Å². The Hall–Kier alpha value is -2.06. The lowest BCUT2D eigenvalue weighted by atomic mass is 9.43. The van der Waals surface area contributed by atoms with E-state index in [9.17, 15) is 40.2 Å². The highest BCUT2D eigenvalue weighted by molar-refractivity contribution is 5.88. The predicted molar refractivity (Wildman–Crippen MR) is 256 cm³/mol. The van der Waals surface area contributed by atoms with Crippen molar-refractivity contribution in [2.75, 3.05) is 21.3 Å². The number of fused-ring (bicyclic) bond motifs is 5. The van der Waals surface area contributed by atoms with Gasteiger partial charge in [0.2, 0.25) is 0 Å². The lowest BCUT2D eigenvalue weighted by molar-refractivity contribution is -0.355. The quantitative estimate of drug-likeness (QED) is 0.0830. The van der Waals surface area contributed by atoms with E-state index in [-0.39, 0.29) is 50.4 Å². The van der Waals surface area contributed by atoms with Gasteiger partial charge in [-0.25, -0.2) is 4.79 Å². The third kappa shape index (κ3) is 10.1. The Bertz CT molecular complexity index is 2010. The first kappa shape index (κ1) is 57.1. The summed E-state index contributed by atoms with van der Waals surface area (Å²) in [6, 6.07) is 0. The van der Waals surface area contributed by atoms with Crippen LogP contribution in [0, 0.1) is 22.7 Å². The standard InChI is InChI=1S/C53H84O20/c1-13-24(2)48(59)70-37-22-36-50(8)16-15-31(18-30(50)14-17-52(36,60)53(61)23-33(56)41(25(3)54)51(37,53)9)69-38-19-32(55)44(27(5)65-38)71-39-20-34(62-10)45(28(6)66-39)72-40-21-35(63-11)46(29(7)67-40)73-49-43(58)47(64-12)42(57)26(4)68-49/h13-14,26-29,31-47,49,55-58,60-61H,15-23H2,1-12H3/b24-13+/t26-,27-,28-,29-,31+,32+,33-,34+,35-,36-,37-,38+,39+,40+,41+,42-,43-,44-,45-,46-,47+,49+,50+,51-,52+,53-/m1/s1. The van der Waals surface area contributed by atoms with Crippen LogP contribution in [0.25, 0.3) is 0 Å².